The van der Waals surface area contributed by atoms with Crippen LogP contribution in [0, 0.1) is 5.92 Å². The Labute approximate surface area is 139 Å². The van der Waals surface area contributed by atoms with Gasteiger partial charge in [-0.3, -0.25) is 4.79 Å². The third-order valence-corrected chi connectivity index (χ3v) is 3.88. The summed E-state index contributed by atoms with van der Waals surface area (Å²) in [6, 6.07) is 7.13. The molecule has 23 heavy (non-hydrogen) atoms. The molecule has 1 aliphatic rings. The number of nitrogens with zero attached hydrogens (tertiary/aromatic N) is 2. The molecule has 1 fully saturated rings. The van der Waals surface area contributed by atoms with Crippen molar-refractivity contribution < 1.29 is 14.1 Å². The van der Waals surface area contributed by atoms with Crippen LogP contribution in [0.1, 0.15) is 25.7 Å². The highest BCUT2D eigenvalue weighted by Gasteiger charge is 2.24. The van der Waals surface area contributed by atoms with E-state index < -0.39 is 6.10 Å². The van der Waals surface area contributed by atoms with E-state index in [1.54, 1.807) is 19.1 Å². The Balaban J connectivity index is 1.50. The van der Waals surface area contributed by atoms with Crippen LogP contribution in [0.5, 0.6) is 0 Å². The SMILES string of the molecule is C[C@@H](OCC1CC1)C(=O)NCc1nc(-c2ccc(Cl)cc2)no1. The molecule has 1 aliphatic carbocycles. The van der Waals surface area contributed by atoms with Gasteiger partial charge in [0.2, 0.25) is 17.6 Å². The van der Waals surface area contributed by atoms with Gasteiger partial charge in [0.25, 0.3) is 0 Å². The highest BCUT2D eigenvalue weighted by molar-refractivity contribution is 6.30. The molecule has 1 aromatic heterocycles. The number of benzene rings is 1. The van der Waals surface area contributed by atoms with Crippen molar-refractivity contribution in [2.24, 2.45) is 5.92 Å². The molecule has 7 heteroatoms. The van der Waals surface area contributed by atoms with E-state index in [-0.39, 0.29) is 12.5 Å². The average Bonchev–Trinajstić information content (AvgIpc) is 3.27. The lowest BCUT2D eigenvalue weighted by Crippen LogP contribution is -2.34. The molecule has 1 atom stereocenters. The van der Waals surface area contributed by atoms with Crippen molar-refractivity contribution in [3.05, 3.63) is 35.2 Å². The minimum absolute atomic E-state index is 0.177. The van der Waals surface area contributed by atoms with Crippen molar-refractivity contribution in [1.82, 2.24) is 15.5 Å². The number of hydrogen-bond acceptors (Lipinski definition) is 5. The first-order valence-corrected chi connectivity index (χ1v) is 7.97. The van der Waals surface area contributed by atoms with Gasteiger partial charge in [-0.2, -0.15) is 4.98 Å². The monoisotopic (exact) mass is 335 g/mol. The Morgan fingerprint density at radius 1 is 1.43 bits per heavy atom. The Bertz CT molecular complexity index is 667. The second-order valence-corrected chi connectivity index (χ2v) is 6.09. The zero-order chi connectivity index (χ0) is 16.2. The summed E-state index contributed by atoms with van der Waals surface area (Å²) in [5, 5.41) is 7.27. The summed E-state index contributed by atoms with van der Waals surface area (Å²) in [5.74, 6) is 1.25. The zero-order valence-corrected chi connectivity index (χ0v) is 13.5. The molecule has 0 spiro atoms. The largest absolute Gasteiger partial charge is 0.368 e. The van der Waals surface area contributed by atoms with Crippen molar-refractivity contribution in [3.8, 4) is 11.4 Å². The van der Waals surface area contributed by atoms with Crippen LogP contribution < -0.4 is 5.32 Å². The molecule has 0 saturated heterocycles. The Kier molecular flexibility index (Phi) is 4.93. The third kappa shape index (κ3) is 4.53. The second kappa shape index (κ2) is 7.10. The number of nitrogens with one attached hydrogen (secondary N) is 1. The molecule has 1 amide bonds. The molecule has 0 aliphatic heterocycles. The van der Waals surface area contributed by atoms with Gasteiger partial charge < -0.3 is 14.6 Å². The first kappa shape index (κ1) is 16.0. The lowest BCUT2D eigenvalue weighted by Gasteiger charge is -2.11. The summed E-state index contributed by atoms with van der Waals surface area (Å²) in [5.41, 5.74) is 0.803. The molecule has 3 rings (SSSR count). The van der Waals surface area contributed by atoms with Gasteiger partial charge in [0, 0.05) is 10.6 Å². The summed E-state index contributed by atoms with van der Waals surface area (Å²) >= 11 is 5.84. The number of rotatable bonds is 7. The first-order chi connectivity index (χ1) is 11.1. The van der Waals surface area contributed by atoms with Gasteiger partial charge >= 0.3 is 0 Å². The molecule has 122 valence electrons. The van der Waals surface area contributed by atoms with Crippen LogP contribution in [0.2, 0.25) is 5.02 Å². The molecule has 6 nitrogen and oxygen atoms in total. The van der Waals surface area contributed by atoms with Gasteiger partial charge in [-0.25, -0.2) is 0 Å². The molecule has 0 radical (unpaired) electrons. The zero-order valence-electron chi connectivity index (χ0n) is 12.8. The van der Waals surface area contributed by atoms with Crippen molar-refractivity contribution in [2.45, 2.75) is 32.4 Å². The molecular formula is C16H18ClN3O3. The highest BCUT2D eigenvalue weighted by Crippen LogP contribution is 2.29. The lowest BCUT2D eigenvalue weighted by atomic mass is 10.2. The molecule has 0 bridgehead atoms. The number of carbonyl (C=O) groups is 1. The van der Waals surface area contributed by atoms with Gasteiger partial charge in [-0.05, 0) is 49.9 Å². The van der Waals surface area contributed by atoms with E-state index in [0.717, 1.165) is 5.56 Å². The predicted molar refractivity (Wildman–Crippen MR) is 84.7 cm³/mol. The van der Waals surface area contributed by atoms with Crippen molar-refractivity contribution in [2.75, 3.05) is 6.61 Å². The predicted octanol–water partition coefficient (Wildman–Crippen LogP) is 2.82. The van der Waals surface area contributed by atoms with Gasteiger partial charge in [-0.1, -0.05) is 16.8 Å². The van der Waals surface area contributed by atoms with Crippen LogP contribution >= 0.6 is 11.6 Å². The summed E-state index contributed by atoms with van der Waals surface area (Å²) in [4.78, 5) is 16.2. The van der Waals surface area contributed by atoms with Crippen LogP contribution in [0.25, 0.3) is 11.4 Å². The average molecular weight is 336 g/mol. The van der Waals surface area contributed by atoms with E-state index in [1.165, 1.54) is 12.8 Å². The maximum atomic E-state index is 11.9. The van der Waals surface area contributed by atoms with Crippen LogP contribution in [0.3, 0.4) is 0 Å². The number of ether oxygens (including phenoxy) is 1. The molecule has 2 aromatic rings. The van der Waals surface area contributed by atoms with E-state index in [9.17, 15) is 4.79 Å². The number of amides is 1. The Morgan fingerprint density at radius 2 is 2.17 bits per heavy atom. The number of aromatic nitrogens is 2. The topological polar surface area (TPSA) is 77.2 Å². The fraction of sp³-hybridized carbons (Fsp3) is 0.438. The van der Waals surface area contributed by atoms with Crippen molar-refractivity contribution >= 4 is 17.5 Å². The molecular weight excluding hydrogens is 318 g/mol. The van der Waals surface area contributed by atoms with Crippen LogP contribution in [0.15, 0.2) is 28.8 Å². The fourth-order valence-corrected chi connectivity index (χ4v) is 2.12. The standard InChI is InChI=1S/C16H18ClN3O3/c1-10(22-9-11-2-3-11)16(21)18-8-14-19-15(20-23-14)12-4-6-13(17)7-5-12/h4-7,10-11H,2-3,8-9H2,1H3,(H,18,21)/t10-/m1/s1. The van der Waals surface area contributed by atoms with Gasteiger partial charge in [0.15, 0.2) is 0 Å². The van der Waals surface area contributed by atoms with E-state index in [1.807, 2.05) is 12.1 Å². The molecule has 1 saturated carbocycles. The summed E-state index contributed by atoms with van der Waals surface area (Å²) in [6.45, 7) is 2.57. The highest BCUT2D eigenvalue weighted by atomic mass is 35.5. The summed E-state index contributed by atoms with van der Waals surface area (Å²) in [7, 11) is 0. The normalized spacial score (nSPS) is 15.4. The molecule has 1 aromatic carbocycles. The first-order valence-electron chi connectivity index (χ1n) is 7.59. The quantitative estimate of drug-likeness (QED) is 0.841. The molecule has 1 N–H and O–H groups in total. The maximum Gasteiger partial charge on any atom is 0.249 e. The van der Waals surface area contributed by atoms with Crippen LogP contribution in [0.4, 0.5) is 0 Å². The Hall–Kier alpha value is -1.92. The minimum atomic E-state index is -0.478. The van der Waals surface area contributed by atoms with E-state index >= 15 is 0 Å². The Morgan fingerprint density at radius 3 is 2.87 bits per heavy atom. The maximum absolute atomic E-state index is 11.9. The van der Waals surface area contributed by atoms with Crippen LogP contribution in [-0.2, 0) is 16.1 Å². The number of carbonyl (C=O) groups excluding carboxylic acids is 1. The molecule has 1 heterocycles. The van der Waals surface area contributed by atoms with E-state index in [4.69, 9.17) is 20.9 Å². The lowest BCUT2D eigenvalue weighted by molar-refractivity contribution is -0.132. The van der Waals surface area contributed by atoms with E-state index in [2.05, 4.69) is 15.5 Å². The minimum Gasteiger partial charge on any atom is -0.368 e. The van der Waals surface area contributed by atoms with Crippen LogP contribution in [-0.4, -0.2) is 28.8 Å². The summed E-state index contributed by atoms with van der Waals surface area (Å²) in [6.07, 6.45) is 1.92. The van der Waals surface area contributed by atoms with Crippen molar-refractivity contribution in [1.29, 1.82) is 0 Å². The van der Waals surface area contributed by atoms with Gasteiger partial charge in [-0.15, -0.1) is 0 Å². The smallest absolute Gasteiger partial charge is 0.249 e. The van der Waals surface area contributed by atoms with Gasteiger partial charge in [0.05, 0.1) is 13.2 Å². The second-order valence-electron chi connectivity index (χ2n) is 5.66. The summed E-state index contributed by atoms with van der Waals surface area (Å²) < 4.78 is 10.6. The van der Waals surface area contributed by atoms with Crippen molar-refractivity contribution in [3.63, 3.8) is 0 Å². The fourth-order valence-electron chi connectivity index (χ4n) is 1.99. The number of hydrogen-bond donors (Lipinski definition) is 1. The van der Waals surface area contributed by atoms with Gasteiger partial charge in [0.1, 0.15) is 6.10 Å². The number of halogens is 1. The van der Waals surface area contributed by atoms with E-state index in [0.29, 0.717) is 29.3 Å². The third-order valence-electron chi connectivity index (χ3n) is 3.63. The molecule has 0 unspecified atom stereocenters.